The first-order valence-corrected chi connectivity index (χ1v) is 10.9. The molecule has 7 nitrogen and oxygen atoms in total. The third-order valence-electron chi connectivity index (χ3n) is 4.73. The number of allylic oxidation sites excluding steroid dienone is 1. The molecule has 0 amide bonds. The van der Waals surface area contributed by atoms with Gasteiger partial charge in [0.15, 0.2) is 11.5 Å². The van der Waals surface area contributed by atoms with Gasteiger partial charge in [-0.1, -0.05) is 52.6 Å². The molecule has 0 unspecified atom stereocenters. The lowest BCUT2D eigenvalue weighted by Gasteiger charge is -2.16. The SMILES string of the molecule is C=CCc1cc(/C=N\OCc2cccc([N+](=O)[O-])c2)cc(OC)c1OCc1ccc(Cl)c(Cl)c1. The summed E-state index contributed by atoms with van der Waals surface area (Å²) < 4.78 is 11.6. The smallest absolute Gasteiger partial charge is 0.269 e. The number of methoxy groups -OCH3 is 1. The van der Waals surface area contributed by atoms with Gasteiger partial charge in [0.1, 0.15) is 13.2 Å². The molecule has 0 radical (unpaired) electrons. The highest BCUT2D eigenvalue weighted by Gasteiger charge is 2.13. The lowest BCUT2D eigenvalue weighted by molar-refractivity contribution is -0.384. The van der Waals surface area contributed by atoms with Crippen molar-refractivity contribution in [3.63, 3.8) is 0 Å². The standard InChI is InChI=1S/C25H22Cl2N2O5/c1-3-5-20-10-19(14-28-34-16-17-6-4-7-21(11-17)29(30)31)13-24(32-2)25(20)33-15-18-8-9-22(26)23(27)12-18/h3-4,6-14H,1,5,15-16H2,2H3/b28-14-. The number of benzene rings is 3. The fourth-order valence-electron chi connectivity index (χ4n) is 3.14. The fraction of sp³-hybridized carbons (Fsp3) is 0.160. The van der Waals surface area contributed by atoms with Crippen molar-refractivity contribution in [2.75, 3.05) is 7.11 Å². The van der Waals surface area contributed by atoms with E-state index in [1.165, 1.54) is 18.3 Å². The molecule has 0 aromatic heterocycles. The monoisotopic (exact) mass is 500 g/mol. The molecule has 0 fully saturated rings. The van der Waals surface area contributed by atoms with Crippen LogP contribution in [0.4, 0.5) is 5.69 Å². The van der Waals surface area contributed by atoms with Gasteiger partial charge in [0.2, 0.25) is 0 Å². The summed E-state index contributed by atoms with van der Waals surface area (Å²) in [6.45, 7) is 4.19. The Kier molecular flexibility index (Phi) is 8.90. The van der Waals surface area contributed by atoms with E-state index >= 15 is 0 Å². The molecule has 0 aliphatic heterocycles. The van der Waals surface area contributed by atoms with Crippen LogP contribution in [0, 0.1) is 10.1 Å². The Hall–Kier alpha value is -3.55. The largest absolute Gasteiger partial charge is 0.493 e. The molecule has 0 aliphatic carbocycles. The molecule has 0 heterocycles. The Labute approximate surface area is 207 Å². The second-order valence-corrected chi connectivity index (χ2v) is 7.99. The van der Waals surface area contributed by atoms with Crippen LogP contribution in [0.25, 0.3) is 0 Å². The van der Waals surface area contributed by atoms with E-state index in [-0.39, 0.29) is 18.9 Å². The minimum Gasteiger partial charge on any atom is -0.493 e. The van der Waals surface area contributed by atoms with Gasteiger partial charge in [-0.15, -0.1) is 6.58 Å². The van der Waals surface area contributed by atoms with Crippen molar-refractivity contribution in [3.8, 4) is 11.5 Å². The quantitative estimate of drug-likeness (QED) is 0.125. The number of hydrogen-bond acceptors (Lipinski definition) is 6. The second kappa shape index (κ2) is 12.1. The fourth-order valence-corrected chi connectivity index (χ4v) is 3.46. The Morgan fingerprint density at radius 2 is 1.85 bits per heavy atom. The van der Waals surface area contributed by atoms with E-state index in [0.29, 0.717) is 33.5 Å². The number of oxime groups is 1. The summed E-state index contributed by atoms with van der Waals surface area (Å²) in [6.07, 6.45) is 3.85. The molecule has 3 aromatic rings. The van der Waals surface area contributed by atoms with Crippen molar-refractivity contribution in [2.45, 2.75) is 19.6 Å². The maximum Gasteiger partial charge on any atom is 0.269 e. The van der Waals surface area contributed by atoms with Gasteiger partial charge in [0, 0.05) is 23.3 Å². The zero-order valence-electron chi connectivity index (χ0n) is 18.4. The van der Waals surface area contributed by atoms with Crippen molar-refractivity contribution in [2.24, 2.45) is 5.16 Å². The Morgan fingerprint density at radius 3 is 2.56 bits per heavy atom. The number of nitro benzene ring substituents is 1. The molecule has 0 spiro atoms. The van der Waals surface area contributed by atoms with Crippen LogP contribution in [0.3, 0.4) is 0 Å². The topological polar surface area (TPSA) is 83.2 Å². The van der Waals surface area contributed by atoms with Gasteiger partial charge >= 0.3 is 0 Å². The average molecular weight is 501 g/mol. The van der Waals surface area contributed by atoms with Crippen LogP contribution in [0.5, 0.6) is 11.5 Å². The molecule has 3 rings (SSSR count). The van der Waals surface area contributed by atoms with E-state index in [4.69, 9.17) is 37.5 Å². The van der Waals surface area contributed by atoms with Crippen molar-refractivity contribution >= 4 is 35.1 Å². The molecule has 0 bridgehead atoms. The molecule has 0 saturated heterocycles. The van der Waals surface area contributed by atoms with Gasteiger partial charge in [-0.3, -0.25) is 10.1 Å². The van der Waals surface area contributed by atoms with E-state index < -0.39 is 4.92 Å². The van der Waals surface area contributed by atoms with Crippen LogP contribution in [0.1, 0.15) is 22.3 Å². The van der Waals surface area contributed by atoms with E-state index in [1.807, 2.05) is 12.1 Å². The Balaban J connectivity index is 1.73. The molecular formula is C25H22Cl2N2O5. The third kappa shape index (κ3) is 6.73. The predicted molar refractivity (Wildman–Crippen MR) is 133 cm³/mol. The number of nitrogens with zero attached hydrogens (tertiary/aromatic N) is 2. The van der Waals surface area contributed by atoms with Crippen LogP contribution in [-0.4, -0.2) is 18.2 Å². The van der Waals surface area contributed by atoms with Crippen molar-refractivity contribution < 1.29 is 19.2 Å². The van der Waals surface area contributed by atoms with E-state index in [1.54, 1.807) is 43.5 Å². The highest BCUT2D eigenvalue weighted by molar-refractivity contribution is 6.42. The summed E-state index contributed by atoms with van der Waals surface area (Å²) in [6, 6.07) is 15.2. The van der Waals surface area contributed by atoms with Crippen molar-refractivity contribution in [3.05, 3.63) is 110 Å². The Morgan fingerprint density at radius 1 is 1.06 bits per heavy atom. The third-order valence-corrected chi connectivity index (χ3v) is 5.47. The highest BCUT2D eigenvalue weighted by Crippen LogP contribution is 2.34. The summed E-state index contributed by atoms with van der Waals surface area (Å²) in [4.78, 5) is 15.8. The lowest BCUT2D eigenvalue weighted by Crippen LogP contribution is -2.02. The first-order chi connectivity index (χ1) is 16.4. The number of nitro groups is 1. The van der Waals surface area contributed by atoms with E-state index in [0.717, 1.165) is 16.7 Å². The number of ether oxygens (including phenoxy) is 2. The normalized spacial score (nSPS) is 10.8. The molecule has 9 heteroatoms. The van der Waals surface area contributed by atoms with Crippen LogP contribution in [0.2, 0.25) is 10.0 Å². The first-order valence-electron chi connectivity index (χ1n) is 10.2. The molecule has 0 atom stereocenters. The molecule has 34 heavy (non-hydrogen) atoms. The number of non-ortho nitro benzene ring substituents is 1. The van der Waals surface area contributed by atoms with Gasteiger partial charge in [-0.25, -0.2) is 0 Å². The van der Waals surface area contributed by atoms with Gasteiger partial charge in [-0.2, -0.15) is 0 Å². The summed E-state index contributed by atoms with van der Waals surface area (Å²) >= 11 is 12.1. The van der Waals surface area contributed by atoms with Crippen LogP contribution in [-0.2, 0) is 24.5 Å². The lowest BCUT2D eigenvalue weighted by atomic mass is 10.1. The van der Waals surface area contributed by atoms with Crippen molar-refractivity contribution in [1.82, 2.24) is 0 Å². The number of rotatable bonds is 11. The van der Waals surface area contributed by atoms with Crippen LogP contribution >= 0.6 is 23.2 Å². The minimum absolute atomic E-state index is 0.000318. The second-order valence-electron chi connectivity index (χ2n) is 7.18. The van der Waals surface area contributed by atoms with Gasteiger partial charge in [-0.05, 0) is 41.8 Å². The maximum absolute atomic E-state index is 10.9. The van der Waals surface area contributed by atoms with E-state index in [2.05, 4.69) is 11.7 Å². The highest BCUT2D eigenvalue weighted by atomic mass is 35.5. The van der Waals surface area contributed by atoms with Gasteiger partial charge in [0.05, 0.1) is 28.3 Å². The first kappa shape index (κ1) is 25.1. The predicted octanol–water partition coefficient (Wildman–Crippen LogP) is 6.77. The maximum atomic E-state index is 10.9. The number of halogens is 2. The molecular weight excluding hydrogens is 479 g/mol. The van der Waals surface area contributed by atoms with E-state index in [9.17, 15) is 10.1 Å². The summed E-state index contributed by atoms with van der Waals surface area (Å²) in [7, 11) is 1.55. The summed E-state index contributed by atoms with van der Waals surface area (Å²) in [5, 5.41) is 15.8. The summed E-state index contributed by atoms with van der Waals surface area (Å²) in [5.41, 5.74) is 3.09. The zero-order valence-corrected chi connectivity index (χ0v) is 19.9. The van der Waals surface area contributed by atoms with Gasteiger partial charge in [0.25, 0.3) is 5.69 Å². The van der Waals surface area contributed by atoms with Crippen LogP contribution in [0.15, 0.2) is 72.4 Å². The zero-order chi connectivity index (χ0) is 24.5. The minimum atomic E-state index is -0.453. The van der Waals surface area contributed by atoms with Crippen LogP contribution < -0.4 is 9.47 Å². The molecule has 176 valence electrons. The average Bonchev–Trinajstić information content (AvgIpc) is 2.83. The van der Waals surface area contributed by atoms with Crippen molar-refractivity contribution in [1.29, 1.82) is 0 Å². The Bertz CT molecular complexity index is 1210. The number of hydrogen-bond donors (Lipinski definition) is 0. The molecule has 3 aromatic carbocycles. The summed E-state index contributed by atoms with van der Waals surface area (Å²) in [5.74, 6) is 1.11. The molecule has 0 N–H and O–H groups in total. The molecule has 0 saturated carbocycles. The van der Waals surface area contributed by atoms with Gasteiger partial charge < -0.3 is 14.3 Å². The molecule has 0 aliphatic rings.